The average molecular weight is 313 g/mol. The molecule has 5 heteroatoms. The molecule has 2 N–H and O–H groups in total. The maximum atomic E-state index is 12.3. The molecule has 110 valence electrons. The number of carbonyl (C=O) groups is 1. The second-order valence-corrected chi connectivity index (χ2v) is 5.45. The van der Waals surface area contributed by atoms with E-state index in [-0.39, 0.29) is 17.2 Å². The van der Waals surface area contributed by atoms with E-state index in [4.69, 9.17) is 11.6 Å². The lowest BCUT2D eigenvalue weighted by Gasteiger charge is -2.09. The maximum Gasteiger partial charge on any atom is 0.272 e. The van der Waals surface area contributed by atoms with Crippen molar-refractivity contribution in [1.29, 1.82) is 0 Å². The predicted octanol–water partition coefficient (Wildman–Crippen LogP) is 3.74. The molecular formula is C17H13ClN2O2. The van der Waals surface area contributed by atoms with E-state index in [2.05, 4.69) is 10.3 Å². The Bertz CT molecular complexity index is 931. The molecule has 0 aliphatic rings. The summed E-state index contributed by atoms with van der Waals surface area (Å²) in [6, 6.07) is 14.0. The standard InChI is InChI=1S/C17H13ClN2O2/c1-10-8-12(18)6-7-14(10)19-17(22)15-9-11-4-2-3-5-13(11)16(21)20-15/h2-9H,1H3,(H,19,22)(H,20,21). The first-order valence-electron chi connectivity index (χ1n) is 6.74. The molecule has 2 aromatic carbocycles. The van der Waals surface area contributed by atoms with Crippen molar-refractivity contribution in [2.24, 2.45) is 0 Å². The number of pyridine rings is 1. The van der Waals surface area contributed by atoms with Crippen LogP contribution in [0.25, 0.3) is 10.8 Å². The van der Waals surface area contributed by atoms with Gasteiger partial charge in [0.2, 0.25) is 0 Å². The first kappa shape index (κ1) is 14.4. The van der Waals surface area contributed by atoms with Crippen molar-refractivity contribution >= 4 is 34.0 Å². The van der Waals surface area contributed by atoms with Crippen LogP contribution >= 0.6 is 11.6 Å². The fraction of sp³-hybridized carbons (Fsp3) is 0.0588. The number of hydrogen-bond acceptors (Lipinski definition) is 2. The van der Waals surface area contributed by atoms with Gasteiger partial charge in [-0.15, -0.1) is 0 Å². The molecule has 0 radical (unpaired) electrons. The van der Waals surface area contributed by atoms with Crippen LogP contribution in [-0.2, 0) is 0 Å². The van der Waals surface area contributed by atoms with Crippen LogP contribution in [0.2, 0.25) is 5.02 Å². The summed E-state index contributed by atoms with van der Waals surface area (Å²) in [4.78, 5) is 27.0. The average Bonchev–Trinajstić information content (AvgIpc) is 2.50. The molecule has 0 fully saturated rings. The fourth-order valence-corrected chi connectivity index (χ4v) is 2.52. The summed E-state index contributed by atoms with van der Waals surface area (Å²) in [5.41, 5.74) is 1.45. The highest BCUT2D eigenvalue weighted by atomic mass is 35.5. The third kappa shape index (κ3) is 2.73. The van der Waals surface area contributed by atoms with Gasteiger partial charge in [-0.1, -0.05) is 29.8 Å². The largest absolute Gasteiger partial charge is 0.320 e. The fourth-order valence-electron chi connectivity index (χ4n) is 2.29. The number of rotatable bonds is 2. The Kier molecular flexibility index (Phi) is 3.69. The monoisotopic (exact) mass is 312 g/mol. The molecule has 0 bridgehead atoms. The van der Waals surface area contributed by atoms with Gasteiger partial charge in [-0.05, 0) is 48.2 Å². The van der Waals surface area contributed by atoms with Crippen LogP contribution in [-0.4, -0.2) is 10.9 Å². The maximum absolute atomic E-state index is 12.3. The van der Waals surface area contributed by atoms with Gasteiger partial charge in [-0.3, -0.25) is 9.59 Å². The smallest absolute Gasteiger partial charge is 0.272 e. The van der Waals surface area contributed by atoms with E-state index >= 15 is 0 Å². The molecule has 3 aromatic rings. The first-order chi connectivity index (χ1) is 10.5. The highest BCUT2D eigenvalue weighted by Crippen LogP contribution is 2.20. The molecule has 4 nitrogen and oxygen atoms in total. The van der Waals surface area contributed by atoms with E-state index < -0.39 is 0 Å². The van der Waals surface area contributed by atoms with Crippen LogP contribution in [0.4, 0.5) is 5.69 Å². The first-order valence-corrected chi connectivity index (χ1v) is 7.12. The van der Waals surface area contributed by atoms with E-state index in [1.165, 1.54) is 0 Å². The zero-order valence-electron chi connectivity index (χ0n) is 11.8. The molecule has 1 amide bonds. The van der Waals surface area contributed by atoms with Crippen molar-refractivity contribution < 1.29 is 4.79 Å². The third-order valence-corrected chi connectivity index (χ3v) is 3.67. The lowest BCUT2D eigenvalue weighted by Crippen LogP contribution is -2.19. The van der Waals surface area contributed by atoms with Gasteiger partial charge < -0.3 is 10.3 Å². The van der Waals surface area contributed by atoms with Gasteiger partial charge in [-0.25, -0.2) is 0 Å². The molecule has 0 atom stereocenters. The number of aryl methyl sites for hydroxylation is 1. The summed E-state index contributed by atoms with van der Waals surface area (Å²) in [5.74, 6) is -0.367. The van der Waals surface area contributed by atoms with Crippen molar-refractivity contribution in [2.45, 2.75) is 6.92 Å². The minimum atomic E-state index is -0.367. The summed E-state index contributed by atoms with van der Waals surface area (Å²) in [6.07, 6.45) is 0. The summed E-state index contributed by atoms with van der Waals surface area (Å²) in [7, 11) is 0. The van der Waals surface area contributed by atoms with Crippen LogP contribution in [0.1, 0.15) is 16.1 Å². The van der Waals surface area contributed by atoms with Crippen LogP contribution in [0.3, 0.4) is 0 Å². The molecule has 0 aliphatic heterocycles. The van der Waals surface area contributed by atoms with E-state index in [9.17, 15) is 9.59 Å². The van der Waals surface area contributed by atoms with Crippen LogP contribution in [0.5, 0.6) is 0 Å². The predicted molar refractivity (Wildman–Crippen MR) is 88.7 cm³/mol. The number of nitrogens with one attached hydrogen (secondary N) is 2. The van der Waals surface area contributed by atoms with Crippen molar-refractivity contribution in [1.82, 2.24) is 4.98 Å². The number of aromatic nitrogens is 1. The van der Waals surface area contributed by atoms with Gasteiger partial charge in [-0.2, -0.15) is 0 Å². The van der Waals surface area contributed by atoms with Crippen LogP contribution in [0, 0.1) is 6.92 Å². The summed E-state index contributed by atoms with van der Waals surface area (Å²) in [5, 5.41) is 4.67. The number of H-pyrrole nitrogens is 1. The Morgan fingerprint density at radius 2 is 1.91 bits per heavy atom. The number of fused-ring (bicyclic) bond motifs is 1. The van der Waals surface area contributed by atoms with Gasteiger partial charge >= 0.3 is 0 Å². The third-order valence-electron chi connectivity index (χ3n) is 3.43. The molecular weight excluding hydrogens is 300 g/mol. The number of hydrogen-bond donors (Lipinski definition) is 2. The Morgan fingerprint density at radius 3 is 2.68 bits per heavy atom. The Hall–Kier alpha value is -2.59. The van der Waals surface area contributed by atoms with Crippen LogP contribution < -0.4 is 10.9 Å². The van der Waals surface area contributed by atoms with Gasteiger partial charge in [0.05, 0.1) is 0 Å². The minimum absolute atomic E-state index is 0.220. The summed E-state index contributed by atoms with van der Waals surface area (Å²) in [6.45, 7) is 1.85. The molecule has 22 heavy (non-hydrogen) atoms. The van der Waals surface area contributed by atoms with E-state index in [1.807, 2.05) is 13.0 Å². The van der Waals surface area contributed by atoms with Crippen LogP contribution in [0.15, 0.2) is 53.3 Å². The van der Waals surface area contributed by atoms with Crippen molar-refractivity contribution in [3.63, 3.8) is 0 Å². The SMILES string of the molecule is Cc1cc(Cl)ccc1NC(=O)c1cc2ccccc2c(=O)[nH]1. The summed E-state index contributed by atoms with van der Waals surface area (Å²) >= 11 is 5.90. The van der Waals surface area contributed by atoms with Gasteiger partial charge in [0.25, 0.3) is 11.5 Å². The molecule has 0 saturated heterocycles. The zero-order chi connectivity index (χ0) is 15.7. The Labute approximate surface area is 131 Å². The van der Waals surface area contributed by atoms with Gasteiger partial charge in [0, 0.05) is 16.1 Å². The van der Waals surface area contributed by atoms with Crippen molar-refractivity contribution in [3.05, 3.63) is 75.2 Å². The second-order valence-electron chi connectivity index (χ2n) is 5.01. The van der Waals surface area contributed by atoms with Crippen molar-refractivity contribution in [2.75, 3.05) is 5.32 Å². The minimum Gasteiger partial charge on any atom is -0.320 e. The lowest BCUT2D eigenvalue weighted by atomic mass is 10.1. The summed E-state index contributed by atoms with van der Waals surface area (Å²) < 4.78 is 0. The zero-order valence-corrected chi connectivity index (χ0v) is 12.6. The molecule has 3 rings (SSSR count). The molecule has 0 unspecified atom stereocenters. The Morgan fingerprint density at radius 1 is 1.14 bits per heavy atom. The van der Waals surface area contributed by atoms with E-state index in [0.717, 1.165) is 10.9 Å². The van der Waals surface area contributed by atoms with Crippen molar-refractivity contribution in [3.8, 4) is 0 Å². The quantitative estimate of drug-likeness (QED) is 0.757. The van der Waals surface area contributed by atoms with Gasteiger partial charge in [0.1, 0.15) is 5.69 Å². The lowest BCUT2D eigenvalue weighted by molar-refractivity contribution is 0.102. The second kappa shape index (κ2) is 5.66. The number of amides is 1. The number of halogens is 1. The molecule has 0 aliphatic carbocycles. The van der Waals surface area contributed by atoms with Gasteiger partial charge in [0.15, 0.2) is 0 Å². The Balaban J connectivity index is 1.97. The van der Waals surface area contributed by atoms with E-state index in [1.54, 1.807) is 42.5 Å². The normalized spacial score (nSPS) is 10.6. The number of aromatic amines is 1. The highest BCUT2D eigenvalue weighted by Gasteiger charge is 2.11. The molecule has 0 spiro atoms. The topological polar surface area (TPSA) is 62.0 Å². The number of benzene rings is 2. The molecule has 1 heterocycles. The molecule has 1 aromatic heterocycles. The highest BCUT2D eigenvalue weighted by molar-refractivity contribution is 6.30. The number of anilines is 1. The number of carbonyl (C=O) groups excluding carboxylic acids is 1. The van der Waals surface area contributed by atoms with E-state index in [0.29, 0.717) is 16.1 Å². The molecule has 0 saturated carbocycles.